The number of hydrogen-bond donors (Lipinski definition) is 1. The quantitative estimate of drug-likeness (QED) is 0.368. The average molecular weight is 468 g/mol. The molecule has 0 atom stereocenters. The Labute approximate surface area is 194 Å². The first-order valence-corrected chi connectivity index (χ1v) is 10.8. The summed E-state index contributed by atoms with van der Waals surface area (Å²) in [5, 5.41) is 7.18. The first kappa shape index (κ1) is 23.3. The molecule has 2 aromatic carbocycles. The van der Waals surface area contributed by atoms with E-state index in [1.54, 1.807) is 24.1 Å². The predicted molar refractivity (Wildman–Crippen MR) is 120 cm³/mol. The molecular formula is C25H23F3N4O2. The van der Waals surface area contributed by atoms with E-state index in [9.17, 15) is 18.0 Å². The Balaban J connectivity index is 1.23. The molecule has 0 fully saturated rings. The van der Waals surface area contributed by atoms with E-state index >= 15 is 0 Å². The van der Waals surface area contributed by atoms with Crippen LogP contribution in [0.2, 0.25) is 0 Å². The molecule has 0 spiro atoms. The van der Waals surface area contributed by atoms with Crippen LogP contribution in [0.3, 0.4) is 0 Å². The molecule has 0 bridgehead atoms. The van der Waals surface area contributed by atoms with E-state index in [1.165, 1.54) is 24.4 Å². The number of H-pyrrole nitrogens is 1. The molecule has 0 aliphatic heterocycles. The second kappa shape index (κ2) is 10.4. The topological polar surface area (TPSA) is 75.0 Å². The number of amides is 1. The van der Waals surface area contributed by atoms with Crippen molar-refractivity contribution >= 4 is 5.91 Å². The van der Waals surface area contributed by atoms with Crippen molar-refractivity contribution in [3.05, 3.63) is 83.8 Å². The number of benzene rings is 2. The number of oxazole rings is 1. The van der Waals surface area contributed by atoms with Gasteiger partial charge in [-0.2, -0.15) is 5.10 Å². The summed E-state index contributed by atoms with van der Waals surface area (Å²) >= 11 is 0. The summed E-state index contributed by atoms with van der Waals surface area (Å²) in [4.78, 5) is 18.2. The monoisotopic (exact) mass is 468 g/mol. The van der Waals surface area contributed by atoms with Gasteiger partial charge in [0.05, 0.1) is 17.5 Å². The second-order valence-corrected chi connectivity index (χ2v) is 7.95. The fraction of sp³-hybridized carbons (Fsp3) is 0.240. The highest BCUT2D eigenvalue weighted by molar-refractivity contribution is 5.76. The van der Waals surface area contributed by atoms with E-state index in [4.69, 9.17) is 4.42 Å². The molecule has 1 amide bonds. The Bertz CT molecular complexity index is 1280. The molecule has 0 unspecified atom stereocenters. The predicted octanol–water partition coefficient (Wildman–Crippen LogP) is 5.17. The molecule has 6 nitrogen and oxygen atoms in total. The van der Waals surface area contributed by atoms with E-state index in [1.807, 2.05) is 6.07 Å². The number of hydrogen-bond acceptors (Lipinski definition) is 4. The zero-order valence-corrected chi connectivity index (χ0v) is 18.5. The number of rotatable bonds is 9. The van der Waals surface area contributed by atoms with Crippen LogP contribution >= 0.6 is 0 Å². The highest BCUT2D eigenvalue weighted by atomic mass is 19.1. The summed E-state index contributed by atoms with van der Waals surface area (Å²) in [7, 11) is 1.72. The molecule has 4 rings (SSSR count). The van der Waals surface area contributed by atoms with Crippen molar-refractivity contribution in [2.75, 3.05) is 13.6 Å². The molecule has 0 aliphatic carbocycles. The minimum atomic E-state index is -0.737. The number of carbonyl (C=O) groups is 1. The van der Waals surface area contributed by atoms with Crippen molar-refractivity contribution in [1.82, 2.24) is 20.1 Å². The normalized spacial score (nSPS) is 11.1. The smallest absolute Gasteiger partial charge is 0.222 e. The van der Waals surface area contributed by atoms with Gasteiger partial charge in [-0.25, -0.2) is 18.2 Å². The summed E-state index contributed by atoms with van der Waals surface area (Å²) in [6.45, 7) is 0.546. The lowest BCUT2D eigenvalue weighted by Gasteiger charge is -2.16. The highest BCUT2D eigenvalue weighted by Crippen LogP contribution is 2.24. The van der Waals surface area contributed by atoms with Crippen molar-refractivity contribution < 1.29 is 22.4 Å². The van der Waals surface area contributed by atoms with E-state index in [0.29, 0.717) is 30.1 Å². The van der Waals surface area contributed by atoms with Crippen LogP contribution in [0.4, 0.5) is 13.2 Å². The summed E-state index contributed by atoms with van der Waals surface area (Å²) in [5.41, 5.74) is 2.39. The van der Waals surface area contributed by atoms with Gasteiger partial charge >= 0.3 is 0 Å². The van der Waals surface area contributed by atoms with Crippen LogP contribution in [0.5, 0.6) is 0 Å². The SMILES string of the molecule is CN(CCCc1cc(-c2cccc(F)c2)n[nH]1)C(=O)CCc1ncc(-c2ccc(F)cc2F)o1. The Morgan fingerprint density at radius 1 is 1.06 bits per heavy atom. The van der Waals surface area contributed by atoms with Gasteiger partial charge in [0.1, 0.15) is 17.5 Å². The van der Waals surface area contributed by atoms with Gasteiger partial charge in [0.15, 0.2) is 11.7 Å². The molecule has 0 saturated heterocycles. The van der Waals surface area contributed by atoms with Crippen LogP contribution in [0, 0.1) is 17.5 Å². The maximum Gasteiger partial charge on any atom is 0.222 e. The van der Waals surface area contributed by atoms with Crippen molar-refractivity contribution in [2.24, 2.45) is 0 Å². The zero-order chi connectivity index (χ0) is 24.1. The maximum absolute atomic E-state index is 13.9. The number of halogens is 3. The van der Waals surface area contributed by atoms with Crippen molar-refractivity contribution in [2.45, 2.75) is 25.7 Å². The molecule has 9 heteroatoms. The highest BCUT2D eigenvalue weighted by Gasteiger charge is 2.15. The van der Waals surface area contributed by atoms with E-state index < -0.39 is 11.6 Å². The minimum absolute atomic E-state index is 0.0715. The Kier molecular flexibility index (Phi) is 7.10. The van der Waals surface area contributed by atoms with Gasteiger partial charge in [-0.05, 0) is 43.2 Å². The fourth-order valence-corrected chi connectivity index (χ4v) is 3.56. The number of nitrogens with one attached hydrogen (secondary N) is 1. The largest absolute Gasteiger partial charge is 0.441 e. The van der Waals surface area contributed by atoms with Gasteiger partial charge in [0.25, 0.3) is 0 Å². The number of aromatic nitrogens is 3. The molecular weight excluding hydrogens is 445 g/mol. The summed E-state index contributed by atoms with van der Waals surface area (Å²) in [6, 6.07) is 11.3. The Hall–Kier alpha value is -3.88. The molecule has 1 N–H and O–H groups in total. The number of carbonyl (C=O) groups excluding carboxylic acids is 1. The van der Waals surface area contributed by atoms with Gasteiger partial charge in [0.2, 0.25) is 5.91 Å². The lowest BCUT2D eigenvalue weighted by Crippen LogP contribution is -2.28. The maximum atomic E-state index is 13.9. The third-order valence-electron chi connectivity index (χ3n) is 5.42. The summed E-state index contributed by atoms with van der Waals surface area (Å²) in [6.07, 6.45) is 3.23. The first-order chi connectivity index (χ1) is 16.4. The zero-order valence-electron chi connectivity index (χ0n) is 18.5. The van der Waals surface area contributed by atoms with Gasteiger partial charge in [0, 0.05) is 43.8 Å². The summed E-state index contributed by atoms with van der Waals surface area (Å²) in [5.74, 6) is -1.30. The lowest BCUT2D eigenvalue weighted by atomic mass is 10.1. The molecule has 34 heavy (non-hydrogen) atoms. The molecule has 2 heterocycles. The molecule has 176 valence electrons. The van der Waals surface area contributed by atoms with Crippen molar-refractivity contribution in [3.8, 4) is 22.6 Å². The van der Waals surface area contributed by atoms with Gasteiger partial charge in [-0.15, -0.1) is 0 Å². The van der Waals surface area contributed by atoms with Crippen LogP contribution in [0.1, 0.15) is 24.4 Å². The fourth-order valence-electron chi connectivity index (χ4n) is 3.56. The van der Waals surface area contributed by atoms with E-state index in [-0.39, 0.29) is 35.9 Å². The number of aryl methyl sites for hydroxylation is 2. The van der Waals surface area contributed by atoms with Crippen molar-refractivity contribution in [3.63, 3.8) is 0 Å². The standard InChI is InChI=1S/C25H23F3N4O2/c1-32(11-3-6-19-14-22(31-30-19)16-4-2-5-17(26)12-16)25(33)10-9-24-29-15-23(34-24)20-8-7-18(27)13-21(20)28/h2,4-5,7-8,12-15H,3,6,9-11H2,1H3,(H,30,31). The van der Waals surface area contributed by atoms with Gasteiger partial charge in [-0.3, -0.25) is 9.89 Å². The van der Waals surface area contributed by atoms with Crippen molar-refractivity contribution in [1.29, 1.82) is 0 Å². The van der Waals surface area contributed by atoms with Gasteiger partial charge in [-0.1, -0.05) is 12.1 Å². The van der Waals surface area contributed by atoms with Gasteiger partial charge < -0.3 is 9.32 Å². The molecule has 2 aromatic heterocycles. The van der Waals surface area contributed by atoms with Crippen LogP contribution in [-0.4, -0.2) is 39.6 Å². The third kappa shape index (κ3) is 5.72. The molecule has 0 radical (unpaired) electrons. The lowest BCUT2D eigenvalue weighted by molar-refractivity contribution is -0.130. The number of nitrogens with zero attached hydrogens (tertiary/aromatic N) is 3. The molecule has 0 saturated carbocycles. The Morgan fingerprint density at radius 2 is 1.88 bits per heavy atom. The van der Waals surface area contributed by atoms with Crippen LogP contribution in [0.25, 0.3) is 22.6 Å². The van der Waals surface area contributed by atoms with E-state index in [2.05, 4.69) is 15.2 Å². The van der Waals surface area contributed by atoms with Crippen LogP contribution in [0.15, 0.2) is 59.1 Å². The molecule has 4 aromatic rings. The minimum Gasteiger partial charge on any atom is -0.441 e. The second-order valence-electron chi connectivity index (χ2n) is 7.95. The average Bonchev–Trinajstić information content (AvgIpc) is 3.47. The van der Waals surface area contributed by atoms with E-state index in [0.717, 1.165) is 24.2 Å². The molecule has 0 aliphatic rings. The Morgan fingerprint density at radius 3 is 2.68 bits per heavy atom. The number of aromatic amines is 1. The van der Waals surface area contributed by atoms with Crippen LogP contribution < -0.4 is 0 Å². The summed E-state index contributed by atoms with van der Waals surface area (Å²) < 4.78 is 45.9. The first-order valence-electron chi connectivity index (χ1n) is 10.8. The third-order valence-corrected chi connectivity index (χ3v) is 5.42. The van der Waals surface area contributed by atoms with Crippen LogP contribution in [-0.2, 0) is 17.6 Å².